The van der Waals surface area contributed by atoms with Gasteiger partial charge in [0.2, 0.25) is 5.91 Å². The summed E-state index contributed by atoms with van der Waals surface area (Å²) < 4.78 is 67.8. The highest BCUT2D eigenvalue weighted by Gasteiger charge is 2.31. The van der Waals surface area contributed by atoms with E-state index in [9.17, 15) is 36.5 Å². The first-order valence-electron chi connectivity index (χ1n) is 9.43. The second-order valence-corrected chi connectivity index (χ2v) is 8.58. The summed E-state index contributed by atoms with van der Waals surface area (Å²) in [5.41, 5.74) is -0.176. The second kappa shape index (κ2) is 9.79. The van der Waals surface area contributed by atoms with Crippen LogP contribution in [-0.4, -0.2) is 32.2 Å². The van der Waals surface area contributed by atoms with Gasteiger partial charge in [-0.05, 0) is 48.5 Å². The molecule has 1 amide bonds. The van der Waals surface area contributed by atoms with Crippen LogP contribution in [0.5, 0.6) is 5.75 Å². The van der Waals surface area contributed by atoms with Crippen LogP contribution in [0.1, 0.15) is 0 Å². The lowest BCUT2D eigenvalue weighted by Gasteiger charge is -2.24. The van der Waals surface area contributed by atoms with Crippen molar-refractivity contribution < 1.29 is 36.0 Å². The van der Waals surface area contributed by atoms with E-state index in [2.05, 4.69) is 10.1 Å². The molecule has 0 fully saturated rings. The summed E-state index contributed by atoms with van der Waals surface area (Å²) in [5, 5.41) is 13.3. The topological polar surface area (TPSA) is 119 Å². The fourth-order valence-corrected chi connectivity index (χ4v) is 4.29. The molecular weight excluding hydrogens is 479 g/mol. The third kappa shape index (κ3) is 6.22. The fourth-order valence-electron chi connectivity index (χ4n) is 2.85. The van der Waals surface area contributed by atoms with Crippen molar-refractivity contribution in [3.8, 4) is 5.75 Å². The Kier molecular flexibility index (Phi) is 7.05. The summed E-state index contributed by atoms with van der Waals surface area (Å²) in [6.07, 6.45) is -4.87. The second-order valence-electron chi connectivity index (χ2n) is 6.72. The first-order valence-corrected chi connectivity index (χ1v) is 10.9. The lowest BCUT2D eigenvalue weighted by Crippen LogP contribution is -2.38. The maximum atomic E-state index is 13.2. The van der Waals surface area contributed by atoms with Gasteiger partial charge in [-0.25, -0.2) is 8.42 Å². The van der Waals surface area contributed by atoms with Crippen LogP contribution in [0.4, 0.5) is 30.2 Å². The van der Waals surface area contributed by atoms with Gasteiger partial charge >= 0.3 is 6.36 Å². The normalized spacial score (nSPS) is 11.5. The molecule has 13 heteroatoms. The monoisotopic (exact) mass is 495 g/mol. The Morgan fingerprint density at radius 2 is 1.56 bits per heavy atom. The Balaban J connectivity index is 1.85. The van der Waals surface area contributed by atoms with Crippen LogP contribution in [0.15, 0.2) is 83.8 Å². The van der Waals surface area contributed by atoms with E-state index in [1.165, 1.54) is 36.4 Å². The first kappa shape index (κ1) is 24.5. The zero-order valence-electron chi connectivity index (χ0n) is 17.1. The van der Waals surface area contributed by atoms with Gasteiger partial charge in [0.05, 0.1) is 15.5 Å². The minimum absolute atomic E-state index is 0.00136. The molecule has 0 unspecified atom stereocenters. The van der Waals surface area contributed by atoms with Gasteiger partial charge in [-0.3, -0.25) is 19.2 Å². The number of sulfonamides is 1. The van der Waals surface area contributed by atoms with E-state index < -0.39 is 39.5 Å². The predicted molar refractivity (Wildman–Crippen MR) is 116 cm³/mol. The van der Waals surface area contributed by atoms with Crippen molar-refractivity contribution in [2.75, 3.05) is 16.2 Å². The zero-order chi connectivity index (χ0) is 24.9. The molecule has 34 heavy (non-hydrogen) atoms. The van der Waals surface area contributed by atoms with Gasteiger partial charge in [-0.1, -0.05) is 18.2 Å². The molecule has 0 atom stereocenters. The molecule has 0 aliphatic heterocycles. The van der Waals surface area contributed by atoms with Gasteiger partial charge in [-0.2, -0.15) is 0 Å². The molecule has 0 spiro atoms. The number of alkyl halides is 3. The number of anilines is 2. The van der Waals surface area contributed by atoms with Crippen molar-refractivity contribution in [3.63, 3.8) is 0 Å². The number of nitro groups is 1. The smallest absolute Gasteiger partial charge is 0.406 e. The number of carbonyl (C=O) groups excluding carboxylic acids is 1. The number of carbonyl (C=O) groups is 1. The Hall–Kier alpha value is -4.13. The van der Waals surface area contributed by atoms with Crippen LogP contribution in [0, 0.1) is 10.1 Å². The maximum Gasteiger partial charge on any atom is 0.573 e. The number of hydrogen-bond acceptors (Lipinski definition) is 6. The van der Waals surface area contributed by atoms with Gasteiger partial charge in [0.25, 0.3) is 15.7 Å². The number of nitrogens with zero attached hydrogens (tertiary/aromatic N) is 2. The molecule has 0 radical (unpaired) electrons. The third-order valence-electron chi connectivity index (χ3n) is 4.34. The van der Waals surface area contributed by atoms with Crippen LogP contribution in [-0.2, 0) is 14.8 Å². The van der Waals surface area contributed by atoms with Crippen molar-refractivity contribution in [2.24, 2.45) is 0 Å². The fraction of sp³-hybridized carbons (Fsp3) is 0.0952. The van der Waals surface area contributed by atoms with E-state index in [1.54, 1.807) is 6.07 Å². The summed E-state index contributed by atoms with van der Waals surface area (Å²) in [6, 6.07) is 16.1. The number of nitro benzene ring substituents is 1. The lowest BCUT2D eigenvalue weighted by molar-refractivity contribution is -0.384. The maximum absolute atomic E-state index is 13.2. The van der Waals surface area contributed by atoms with E-state index in [-0.39, 0.29) is 22.0 Å². The minimum Gasteiger partial charge on any atom is -0.406 e. The molecule has 0 aliphatic carbocycles. The molecule has 0 aromatic heterocycles. The number of benzene rings is 3. The molecule has 178 valence electrons. The van der Waals surface area contributed by atoms with E-state index in [0.29, 0.717) is 0 Å². The van der Waals surface area contributed by atoms with Crippen LogP contribution < -0.4 is 14.4 Å². The van der Waals surface area contributed by atoms with Crippen LogP contribution >= 0.6 is 0 Å². The molecule has 3 aromatic rings. The van der Waals surface area contributed by atoms with Crippen molar-refractivity contribution >= 4 is 33.0 Å². The summed E-state index contributed by atoms with van der Waals surface area (Å²) in [7, 11) is -4.24. The van der Waals surface area contributed by atoms with E-state index in [4.69, 9.17) is 0 Å². The number of rotatable bonds is 8. The van der Waals surface area contributed by atoms with Crippen LogP contribution in [0.3, 0.4) is 0 Å². The number of non-ortho nitro benzene ring substituents is 1. The number of hydrogen-bond donors (Lipinski definition) is 1. The number of halogens is 3. The quantitative estimate of drug-likeness (QED) is 0.367. The number of ether oxygens (including phenoxy) is 1. The largest absolute Gasteiger partial charge is 0.573 e. The van der Waals surface area contributed by atoms with Crippen molar-refractivity contribution in [1.29, 1.82) is 0 Å². The van der Waals surface area contributed by atoms with Crippen LogP contribution in [0.25, 0.3) is 0 Å². The third-order valence-corrected chi connectivity index (χ3v) is 6.13. The standard InChI is InChI=1S/C21H16F3N3O6S/c22-21(23,24)33-18-12-6-15(7-13-18)25-20(28)14-26(16-8-10-17(11-9-16)27(29)30)34(31,32)19-4-2-1-3-5-19/h1-13H,14H2,(H,25,28). The van der Waals surface area contributed by atoms with Gasteiger partial charge in [0.1, 0.15) is 12.3 Å². The van der Waals surface area contributed by atoms with Gasteiger partial charge in [0.15, 0.2) is 0 Å². The Bertz CT molecular complexity index is 1270. The molecule has 3 rings (SSSR count). The van der Waals surface area contributed by atoms with E-state index in [1.807, 2.05) is 0 Å². The number of nitrogens with one attached hydrogen (secondary N) is 1. The molecule has 0 saturated heterocycles. The molecular formula is C21H16F3N3O6S. The Labute approximate surface area is 191 Å². The summed E-state index contributed by atoms with van der Waals surface area (Å²) in [6.45, 7) is -0.712. The molecule has 0 aliphatic rings. The SMILES string of the molecule is O=C(CN(c1ccc([N+](=O)[O-])cc1)S(=O)(=O)c1ccccc1)Nc1ccc(OC(F)(F)F)cc1. The van der Waals surface area contributed by atoms with Crippen molar-refractivity contribution in [2.45, 2.75) is 11.3 Å². The predicted octanol–water partition coefficient (Wildman–Crippen LogP) is 4.33. The minimum atomic E-state index is -4.87. The molecule has 3 aromatic carbocycles. The molecule has 1 N–H and O–H groups in total. The highest BCUT2D eigenvalue weighted by molar-refractivity contribution is 7.92. The highest BCUT2D eigenvalue weighted by atomic mass is 32.2. The highest BCUT2D eigenvalue weighted by Crippen LogP contribution is 2.27. The van der Waals surface area contributed by atoms with Gasteiger partial charge in [-0.15, -0.1) is 13.2 Å². The Morgan fingerprint density at radius 1 is 0.971 bits per heavy atom. The van der Waals surface area contributed by atoms with Crippen molar-refractivity contribution in [1.82, 2.24) is 0 Å². The van der Waals surface area contributed by atoms with Gasteiger partial charge < -0.3 is 10.1 Å². The Morgan fingerprint density at radius 3 is 2.09 bits per heavy atom. The molecule has 9 nitrogen and oxygen atoms in total. The van der Waals surface area contributed by atoms with Gasteiger partial charge in [0, 0.05) is 17.8 Å². The molecule has 0 heterocycles. The van der Waals surface area contributed by atoms with E-state index in [0.717, 1.165) is 40.7 Å². The van der Waals surface area contributed by atoms with E-state index >= 15 is 0 Å². The first-order chi connectivity index (χ1) is 16.0. The average molecular weight is 495 g/mol. The molecule has 0 bridgehead atoms. The molecule has 0 saturated carbocycles. The summed E-state index contributed by atoms with van der Waals surface area (Å²) >= 11 is 0. The summed E-state index contributed by atoms with van der Waals surface area (Å²) in [4.78, 5) is 22.8. The average Bonchev–Trinajstić information content (AvgIpc) is 2.78. The van der Waals surface area contributed by atoms with Crippen molar-refractivity contribution in [3.05, 3.63) is 89.0 Å². The zero-order valence-corrected chi connectivity index (χ0v) is 17.9. The summed E-state index contributed by atoms with van der Waals surface area (Å²) in [5.74, 6) is -1.30. The lowest BCUT2D eigenvalue weighted by atomic mass is 10.3. The number of amides is 1. The van der Waals surface area contributed by atoms with Crippen LogP contribution in [0.2, 0.25) is 0 Å².